The van der Waals surface area contributed by atoms with Gasteiger partial charge in [-0.05, 0) is 127 Å². The van der Waals surface area contributed by atoms with Crippen molar-refractivity contribution in [3.63, 3.8) is 0 Å². The lowest BCUT2D eigenvalue weighted by molar-refractivity contribution is -0.201. The van der Waals surface area contributed by atoms with Crippen LogP contribution in [0.1, 0.15) is 164 Å². The molecule has 0 bridgehead atoms. The Hall–Kier alpha value is -0.490. The van der Waals surface area contributed by atoms with Gasteiger partial charge in [-0.2, -0.15) is 0 Å². The van der Waals surface area contributed by atoms with Crippen molar-refractivity contribution in [2.45, 2.75) is 181 Å². The summed E-state index contributed by atoms with van der Waals surface area (Å²) in [7, 11) is 0. The van der Waals surface area contributed by atoms with Crippen LogP contribution >= 0.6 is 0 Å². The van der Waals surface area contributed by atoms with E-state index in [0.717, 1.165) is 82.8 Å². The van der Waals surface area contributed by atoms with Gasteiger partial charge in [0.15, 0.2) is 5.79 Å². The lowest BCUT2D eigenvalue weighted by Crippen LogP contribution is -2.41. The van der Waals surface area contributed by atoms with Crippen LogP contribution in [0, 0.1) is 22.7 Å². The Kier molecular flexibility index (Phi) is 11.8. The first-order valence-electron chi connectivity index (χ1n) is 16.5. The highest BCUT2D eigenvalue weighted by molar-refractivity contribution is 5.79. The van der Waals surface area contributed by atoms with Gasteiger partial charge in [0, 0.05) is 25.7 Å². The van der Waals surface area contributed by atoms with Crippen LogP contribution in [-0.2, 0) is 14.3 Å². The van der Waals surface area contributed by atoms with Crippen molar-refractivity contribution in [3.05, 3.63) is 0 Å². The molecule has 4 aliphatic carbocycles. The Morgan fingerprint density at radius 3 is 1.85 bits per heavy atom. The van der Waals surface area contributed by atoms with Gasteiger partial charge in [-0.15, -0.1) is 0 Å². The molecule has 4 saturated carbocycles. The zero-order valence-corrected chi connectivity index (χ0v) is 25.8. The van der Waals surface area contributed by atoms with Crippen LogP contribution < -0.4 is 0 Å². The number of rotatable bonds is 8. The molecule has 40 heavy (non-hydrogen) atoms. The molecule has 5 heteroatoms. The topological polar surface area (TPSA) is 76.0 Å². The van der Waals surface area contributed by atoms with Crippen LogP contribution in [0.3, 0.4) is 0 Å². The molecule has 5 nitrogen and oxygen atoms in total. The minimum atomic E-state index is -0.517. The lowest BCUT2D eigenvalue weighted by Gasteiger charge is -2.43. The third kappa shape index (κ3) is 10.1. The van der Waals surface area contributed by atoms with Gasteiger partial charge in [-0.1, -0.05) is 33.1 Å². The van der Waals surface area contributed by atoms with Gasteiger partial charge in [0.05, 0.1) is 24.4 Å². The van der Waals surface area contributed by atoms with Crippen LogP contribution in [0.2, 0.25) is 0 Å². The van der Waals surface area contributed by atoms with E-state index in [1.165, 1.54) is 70.6 Å². The fourth-order valence-electron chi connectivity index (χ4n) is 9.05. The second kappa shape index (κ2) is 13.9. The van der Waals surface area contributed by atoms with E-state index in [1.54, 1.807) is 0 Å². The first-order valence-corrected chi connectivity index (χ1v) is 16.5. The maximum Gasteiger partial charge on any atom is 0.169 e. The first kappa shape index (κ1) is 34.0. The van der Waals surface area contributed by atoms with Crippen LogP contribution in [0.4, 0.5) is 0 Å². The van der Waals surface area contributed by atoms with Crippen LogP contribution in [-0.4, -0.2) is 46.2 Å². The molecule has 0 unspecified atom stereocenters. The summed E-state index contributed by atoms with van der Waals surface area (Å²) in [6.07, 6.45) is 23.5. The Bertz CT molecular complexity index is 789. The van der Waals surface area contributed by atoms with E-state index in [2.05, 4.69) is 0 Å². The molecule has 0 radical (unpaired) electrons. The molecule has 0 aromatic carbocycles. The number of aliphatic hydroxyl groups is 2. The summed E-state index contributed by atoms with van der Waals surface area (Å²) < 4.78 is 11.9. The van der Waals surface area contributed by atoms with Gasteiger partial charge >= 0.3 is 0 Å². The van der Waals surface area contributed by atoms with Crippen LogP contribution in [0.15, 0.2) is 0 Å². The summed E-state index contributed by atoms with van der Waals surface area (Å²) in [5, 5.41) is 19.6. The molecule has 2 N–H and O–H groups in total. The lowest BCUT2D eigenvalue weighted by atomic mass is 9.69. The molecule has 4 atom stereocenters. The summed E-state index contributed by atoms with van der Waals surface area (Å²) in [6, 6.07) is 0. The number of hydrogen-bond acceptors (Lipinski definition) is 5. The van der Waals surface area contributed by atoms with E-state index in [-0.39, 0.29) is 13.2 Å². The molecular formula is C35H64O5. The standard InChI is InChI=1S/C18H32O3.C16H28O2.CH4/c1-16(2,19)7-3-5-15-6-10-17(13-15)8-4-9-18(14-17)20-11-12-21-18;1-15(2,18)8-3-5-13-7-10-16(11-13)9-4-6-14(17)12-16;/h15,19H,3-14H2,1-2H3;13,18H,3-12H2,1-2H3;1H4/t15-,17-;13-,16-;/m11./s1. The molecule has 0 aromatic heterocycles. The van der Waals surface area contributed by atoms with Crippen molar-refractivity contribution in [3.8, 4) is 0 Å². The van der Waals surface area contributed by atoms with E-state index >= 15 is 0 Å². The molecule has 3 spiro atoms. The smallest absolute Gasteiger partial charge is 0.169 e. The highest BCUT2D eigenvalue weighted by atomic mass is 16.7. The number of ether oxygens (including phenoxy) is 2. The van der Waals surface area contributed by atoms with E-state index in [0.29, 0.717) is 16.6 Å². The van der Waals surface area contributed by atoms with E-state index in [9.17, 15) is 15.0 Å². The monoisotopic (exact) mass is 564 g/mol. The van der Waals surface area contributed by atoms with Gasteiger partial charge < -0.3 is 19.7 Å². The average Bonchev–Trinajstić information content (AvgIpc) is 3.53. The third-order valence-electron chi connectivity index (χ3n) is 10.9. The molecule has 5 fully saturated rings. The summed E-state index contributed by atoms with van der Waals surface area (Å²) in [5.74, 6) is 1.93. The molecular weight excluding hydrogens is 500 g/mol. The van der Waals surface area contributed by atoms with Gasteiger partial charge in [-0.25, -0.2) is 0 Å². The summed E-state index contributed by atoms with van der Waals surface area (Å²) in [6.45, 7) is 9.19. The Balaban J connectivity index is 0.000000218. The Morgan fingerprint density at radius 2 is 1.30 bits per heavy atom. The minimum Gasteiger partial charge on any atom is -0.390 e. The molecule has 1 aliphatic heterocycles. The van der Waals surface area contributed by atoms with Crippen molar-refractivity contribution in [2.24, 2.45) is 22.7 Å². The number of carbonyl (C=O) groups is 1. The van der Waals surface area contributed by atoms with E-state index in [1.807, 2.05) is 27.7 Å². The normalized spacial score (nSPS) is 33.8. The maximum absolute atomic E-state index is 11.6. The molecule has 5 aliphatic rings. The first-order chi connectivity index (χ1) is 18.3. The SMILES string of the molecule is C.CC(C)(O)CCC[C@@H]1CC[C@]2(CCCC(=O)C2)C1.CC(C)(O)CCC[C@@H]1CC[C@]2(CCCC3(C2)OCCO3)C1. The molecule has 0 amide bonds. The zero-order chi connectivity index (χ0) is 28.2. The molecule has 234 valence electrons. The third-order valence-corrected chi connectivity index (χ3v) is 10.9. The fourth-order valence-corrected chi connectivity index (χ4v) is 9.05. The highest BCUT2D eigenvalue weighted by Crippen LogP contribution is 2.56. The van der Waals surface area contributed by atoms with Crippen LogP contribution in [0.5, 0.6) is 0 Å². The second-order valence-corrected chi connectivity index (χ2v) is 15.8. The minimum absolute atomic E-state index is 0. The van der Waals surface area contributed by atoms with Crippen molar-refractivity contribution < 1.29 is 24.5 Å². The van der Waals surface area contributed by atoms with Crippen molar-refractivity contribution in [2.75, 3.05) is 13.2 Å². The van der Waals surface area contributed by atoms with Crippen molar-refractivity contribution in [1.82, 2.24) is 0 Å². The molecule has 5 rings (SSSR count). The van der Waals surface area contributed by atoms with Gasteiger partial charge in [0.1, 0.15) is 5.78 Å². The Labute approximate surface area is 246 Å². The van der Waals surface area contributed by atoms with E-state index in [4.69, 9.17) is 9.47 Å². The predicted octanol–water partition coefficient (Wildman–Crippen LogP) is 8.52. The maximum atomic E-state index is 11.6. The van der Waals surface area contributed by atoms with Crippen molar-refractivity contribution in [1.29, 1.82) is 0 Å². The fraction of sp³-hybridized carbons (Fsp3) is 0.971. The Morgan fingerprint density at radius 1 is 0.775 bits per heavy atom. The number of Topliss-reactive ketones (excluding diaryl/α,β-unsaturated/α-hetero) is 1. The van der Waals surface area contributed by atoms with E-state index < -0.39 is 11.2 Å². The summed E-state index contributed by atoms with van der Waals surface area (Å²) in [5.41, 5.74) is -0.148. The summed E-state index contributed by atoms with van der Waals surface area (Å²) >= 11 is 0. The van der Waals surface area contributed by atoms with Crippen LogP contribution in [0.25, 0.3) is 0 Å². The number of ketones is 1. The van der Waals surface area contributed by atoms with Gasteiger partial charge in [-0.3, -0.25) is 4.79 Å². The molecule has 0 aromatic rings. The zero-order valence-electron chi connectivity index (χ0n) is 25.8. The molecule has 1 heterocycles. The van der Waals surface area contributed by atoms with Crippen molar-refractivity contribution >= 4 is 5.78 Å². The number of hydrogen-bond donors (Lipinski definition) is 2. The largest absolute Gasteiger partial charge is 0.390 e. The quantitative estimate of drug-likeness (QED) is 0.309. The average molecular weight is 565 g/mol. The van der Waals surface area contributed by atoms with Gasteiger partial charge in [0.25, 0.3) is 0 Å². The van der Waals surface area contributed by atoms with Gasteiger partial charge in [0.2, 0.25) is 0 Å². The highest BCUT2D eigenvalue weighted by Gasteiger charge is 2.51. The predicted molar refractivity (Wildman–Crippen MR) is 163 cm³/mol. The summed E-state index contributed by atoms with van der Waals surface area (Å²) in [4.78, 5) is 11.6. The number of carbonyl (C=O) groups excluding carboxylic acids is 1. The molecule has 1 saturated heterocycles. The second-order valence-electron chi connectivity index (χ2n) is 15.8.